The first-order valence-electron chi connectivity index (χ1n) is 11.5. The lowest BCUT2D eigenvalue weighted by Crippen LogP contribution is -2.46. The zero-order valence-corrected chi connectivity index (χ0v) is 19.1. The van der Waals surface area contributed by atoms with Crippen molar-refractivity contribution in [3.63, 3.8) is 0 Å². The van der Waals surface area contributed by atoms with Gasteiger partial charge in [0.25, 0.3) is 0 Å². The third-order valence-corrected chi connectivity index (χ3v) is 6.53. The number of amides is 1. The zero-order valence-electron chi connectivity index (χ0n) is 19.1. The number of fused-ring (bicyclic) bond motifs is 2. The molecule has 1 fully saturated rings. The number of aromatic nitrogens is 1. The van der Waals surface area contributed by atoms with Gasteiger partial charge < -0.3 is 30.4 Å². The quantitative estimate of drug-likeness (QED) is 0.387. The Morgan fingerprint density at radius 3 is 2.86 bits per heavy atom. The normalized spacial score (nSPS) is 17.1. The van der Waals surface area contributed by atoms with Crippen molar-refractivity contribution in [1.82, 2.24) is 9.88 Å². The molecule has 9 nitrogen and oxygen atoms in total. The average molecular weight is 480 g/mol. The molecule has 1 aromatic heterocycles. The molecule has 10 heteroatoms. The van der Waals surface area contributed by atoms with Crippen LogP contribution in [0.1, 0.15) is 36.5 Å². The number of carbonyl (C=O) groups excluding carboxylic acids is 1. The number of nitrogens with zero attached hydrogens (tertiary/aromatic N) is 2. The molecule has 3 aromatic rings. The van der Waals surface area contributed by atoms with Crippen molar-refractivity contribution in [2.75, 3.05) is 18.0 Å². The number of nitrogens with one attached hydrogen (secondary N) is 1. The summed E-state index contributed by atoms with van der Waals surface area (Å²) in [6.07, 6.45) is 3.21. The van der Waals surface area contributed by atoms with Gasteiger partial charge in [0, 0.05) is 25.3 Å². The van der Waals surface area contributed by atoms with Crippen LogP contribution in [0.2, 0.25) is 0 Å². The third-order valence-electron chi connectivity index (χ3n) is 6.53. The molecule has 1 amide bonds. The molecule has 0 radical (unpaired) electrons. The number of carbonyl (C=O) groups is 2. The van der Waals surface area contributed by atoms with Crippen LogP contribution in [-0.2, 0) is 4.79 Å². The van der Waals surface area contributed by atoms with E-state index in [0.29, 0.717) is 42.9 Å². The van der Waals surface area contributed by atoms with Crippen molar-refractivity contribution in [2.45, 2.75) is 38.3 Å². The van der Waals surface area contributed by atoms with E-state index in [9.17, 15) is 19.5 Å². The second kappa shape index (κ2) is 8.70. The maximum absolute atomic E-state index is 15.6. The number of hydrogen-bond acceptors (Lipinski definition) is 6. The van der Waals surface area contributed by atoms with E-state index < -0.39 is 28.8 Å². The minimum atomic E-state index is -1.39. The fourth-order valence-electron chi connectivity index (χ4n) is 4.83. The molecule has 0 saturated carbocycles. The molecule has 2 unspecified atom stereocenters. The molecule has 35 heavy (non-hydrogen) atoms. The maximum Gasteiger partial charge on any atom is 0.341 e. The van der Waals surface area contributed by atoms with Crippen LogP contribution in [-0.4, -0.2) is 46.7 Å². The molecule has 2 aromatic carbocycles. The number of benzene rings is 2. The predicted molar refractivity (Wildman–Crippen MR) is 128 cm³/mol. The minimum absolute atomic E-state index is 0.0785. The fraction of sp³-hybridized carbons (Fsp3) is 0.320. The van der Waals surface area contributed by atoms with Crippen LogP contribution in [0, 0.1) is 5.82 Å². The topological polar surface area (TPSA) is 127 Å². The highest BCUT2D eigenvalue weighted by Gasteiger charge is 2.34. The summed E-state index contributed by atoms with van der Waals surface area (Å²) in [5, 5.41) is 12.4. The van der Waals surface area contributed by atoms with E-state index in [1.54, 1.807) is 33.7 Å². The van der Waals surface area contributed by atoms with Gasteiger partial charge in [-0.3, -0.25) is 9.59 Å². The number of carboxylic acids is 1. The molecule has 5 rings (SSSR count). The lowest BCUT2D eigenvalue weighted by Gasteiger charge is -2.29. The van der Waals surface area contributed by atoms with Crippen LogP contribution in [0.3, 0.4) is 0 Å². The number of aromatic carboxylic acids is 1. The monoisotopic (exact) mass is 480 g/mol. The van der Waals surface area contributed by atoms with Gasteiger partial charge in [0.15, 0.2) is 17.3 Å². The molecule has 4 N–H and O–H groups in total. The van der Waals surface area contributed by atoms with Gasteiger partial charge in [0.05, 0.1) is 17.1 Å². The Labute approximate surface area is 199 Å². The first kappa shape index (κ1) is 22.9. The van der Waals surface area contributed by atoms with Crippen molar-refractivity contribution >= 4 is 28.5 Å². The van der Waals surface area contributed by atoms with Crippen molar-refractivity contribution in [3.8, 4) is 17.2 Å². The molecule has 2 aliphatic heterocycles. The standard InChI is InChI=1S/C25H25FN4O5/c1-2-5-17(27)24(32)28-13-8-9-29(11-13)21-16(26)10-14-20-23(21)35-19-7-4-3-6-18(19)30(20)12-15(22(14)31)25(33)34/h3-4,6-7,10,12-13,17H,2,5,8-9,11,27H2,1H3,(H,28,32)(H,33,34). The number of nitrogens with two attached hydrogens (primary N) is 1. The first-order valence-corrected chi connectivity index (χ1v) is 11.5. The number of carboxylic acid groups (broad SMARTS) is 1. The summed E-state index contributed by atoms with van der Waals surface area (Å²) in [4.78, 5) is 38.8. The number of hydrogen-bond donors (Lipinski definition) is 3. The van der Waals surface area contributed by atoms with Gasteiger partial charge >= 0.3 is 5.97 Å². The summed E-state index contributed by atoms with van der Waals surface area (Å²) >= 11 is 0. The highest BCUT2D eigenvalue weighted by Crippen LogP contribution is 2.47. The molecule has 0 aliphatic carbocycles. The van der Waals surface area contributed by atoms with Crippen LogP contribution in [0.5, 0.6) is 11.5 Å². The third kappa shape index (κ3) is 3.79. The lowest BCUT2D eigenvalue weighted by atomic mass is 10.1. The van der Waals surface area contributed by atoms with Crippen LogP contribution in [0.25, 0.3) is 16.6 Å². The number of halogens is 1. The average Bonchev–Trinajstić information content (AvgIpc) is 3.28. The van der Waals surface area contributed by atoms with E-state index in [-0.39, 0.29) is 28.8 Å². The number of para-hydroxylation sites is 2. The Balaban J connectivity index is 1.60. The molecule has 2 atom stereocenters. The molecular weight excluding hydrogens is 455 g/mol. The van der Waals surface area contributed by atoms with Gasteiger partial charge in [-0.05, 0) is 31.0 Å². The first-order chi connectivity index (χ1) is 16.8. The van der Waals surface area contributed by atoms with Gasteiger partial charge in [-0.25, -0.2) is 9.18 Å². The number of rotatable bonds is 6. The number of ether oxygens (including phenoxy) is 1. The van der Waals surface area contributed by atoms with E-state index in [4.69, 9.17) is 10.5 Å². The van der Waals surface area contributed by atoms with Gasteiger partial charge in [-0.15, -0.1) is 0 Å². The Hall–Kier alpha value is -3.92. The summed E-state index contributed by atoms with van der Waals surface area (Å²) in [6.45, 7) is 2.74. The molecule has 2 aliphatic rings. The summed E-state index contributed by atoms with van der Waals surface area (Å²) < 4.78 is 23.2. The molecule has 182 valence electrons. The van der Waals surface area contributed by atoms with Crippen LogP contribution < -0.4 is 26.1 Å². The maximum atomic E-state index is 15.6. The van der Waals surface area contributed by atoms with E-state index in [1.165, 1.54) is 6.20 Å². The van der Waals surface area contributed by atoms with Gasteiger partial charge in [0.2, 0.25) is 11.3 Å². The highest BCUT2D eigenvalue weighted by molar-refractivity contribution is 5.99. The summed E-state index contributed by atoms with van der Waals surface area (Å²) in [6, 6.07) is 7.20. The second-order valence-corrected chi connectivity index (χ2v) is 8.88. The van der Waals surface area contributed by atoms with Crippen molar-refractivity contribution in [3.05, 3.63) is 58.1 Å². The van der Waals surface area contributed by atoms with Crippen molar-refractivity contribution in [2.24, 2.45) is 5.73 Å². The predicted octanol–water partition coefficient (Wildman–Crippen LogP) is 2.76. The van der Waals surface area contributed by atoms with Crippen molar-refractivity contribution < 1.29 is 23.8 Å². The summed E-state index contributed by atoms with van der Waals surface area (Å²) in [5.41, 5.74) is 5.69. The largest absolute Gasteiger partial charge is 0.477 e. The van der Waals surface area contributed by atoms with E-state index in [2.05, 4.69) is 5.32 Å². The highest BCUT2D eigenvalue weighted by atomic mass is 19.1. The zero-order chi connectivity index (χ0) is 24.9. The molecule has 1 saturated heterocycles. The van der Waals surface area contributed by atoms with Gasteiger partial charge in [-0.1, -0.05) is 25.5 Å². The second-order valence-electron chi connectivity index (χ2n) is 8.88. The molecule has 3 heterocycles. The number of anilines is 1. The molecular formula is C25H25FN4O5. The number of pyridine rings is 1. The Bertz CT molecular complexity index is 1420. The van der Waals surface area contributed by atoms with Crippen LogP contribution >= 0.6 is 0 Å². The van der Waals surface area contributed by atoms with Crippen LogP contribution in [0.4, 0.5) is 10.1 Å². The van der Waals surface area contributed by atoms with Gasteiger partial charge in [-0.2, -0.15) is 0 Å². The molecule has 0 bridgehead atoms. The van der Waals surface area contributed by atoms with Crippen LogP contribution in [0.15, 0.2) is 41.3 Å². The minimum Gasteiger partial charge on any atom is -0.477 e. The van der Waals surface area contributed by atoms with Gasteiger partial charge in [0.1, 0.15) is 16.8 Å². The summed E-state index contributed by atoms with van der Waals surface area (Å²) in [5.74, 6) is -1.79. The van der Waals surface area contributed by atoms with E-state index in [0.717, 1.165) is 12.5 Å². The van der Waals surface area contributed by atoms with E-state index >= 15 is 4.39 Å². The lowest BCUT2D eigenvalue weighted by molar-refractivity contribution is -0.123. The molecule has 0 spiro atoms. The van der Waals surface area contributed by atoms with E-state index in [1.807, 2.05) is 6.92 Å². The van der Waals surface area contributed by atoms with Crippen molar-refractivity contribution in [1.29, 1.82) is 0 Å². The SMILES string of the molecule is CCCC(N)C(=O)NC1CCN(c2c(F)cc3c(=O)c(C(=O)O)cn4c3c2Oc2ccccc2-4)C1. The fourth-order valence-corrected chi connectivity index (χ4v) is 4.83. The Morgan fingerprint density at radius 1 is 1.34 bits per heavy atom. The smallest absolute Gasteiger partial charge is 0.341 e. The summed E-state index contributed by atoms with van der Waals surface area (Å²) in [7, 11) is 0. The Morgan fingerprint density at radius 2 is 2.11 bits per heavy atom. The Kier molecular flexibility index (Phi) is 5.68.